The molecule has 0 radical (unpaired) electrons. The highest BCUT2D eigenvalue weighted by Crippen LogP contribution is 2.17. The third-order valence-electron chi connectivity index (χ3n) is 1.76. The van der Waals surface area contributed by atoms with Gasteiger partial charge in [0.15, 0.2) is 5.60 Å². The second kappa shape index (κ2) is 4.18. The van der Waals surface area contributed by atoms with E-state index in [0.717, 1.165) is 5.69 Å². The minimum absolute atomic E-state index is 0.481. The van der Waals surface area contributed by atoms with E-state index in [4.69, 9.17) is 11.2 Å². The van der Waals surface area contributed by atoms with Crippen LogP contribution in [-0.4, -0.2) is 22.6 Å². The normalized spacial score (nSPS) is 10.6. The summed E-state index contributed by atoms with van der Waals surface area (Å²) in [6, 6.07) is 1.75. The lowest BCUT2D eigenvalue weighted by Gasteiger charge is -2.19. The lowest BCUT2D eigenvalue weighted by Crippen LogP contribution is -2.26. The van der Waals surface area contributed by atoms with Crippen molar-refractivity contribution < 1.29 is 4.74 Å². The largest absolute Gasteiger partial charge is 0.458 e. The highest BCUT2D eigenvalue weighted by atomic mass is 16.5. The van der Waals surface area contributed by atoms with Crippen molar-refractivity contribution in [2.45, 2.75) is 26.4 Å². The van der Waals surface area contributed by atoms with Gasteiger partial charge in [-0.15, -0.1) is 6.42 Å². The fourth-order valence-electron chi connectivity index (χ4n) is 0.995. The zero-order valence-corrected chi connectivity index (χ0v) is 9.46. The summed E-state index contributed by atoms with van der Waals surface area (Å²) in [6.07, 6.45) is 5.33. The van der Waals surface area contributed by atoms with E-state index < -0.39 is 5.60 Å². The molecule has 0 aliphatic carbocycles. The van der Waals surface area contributed by atoms with Gasteiger partial charge in [-0.2, -0.15) is 4.98 Å². The number of nitrogens with one attached hydrogen (secondary N) is 1. The van der Waals surface area contributed by atoms with Gasteiger partial charge in [-0.25, -0.2) is 4.98 Å². The Morgan fingerprint density at radius 1 is 1.47 bits per heavy atom. The zero-order chi connectivity index (χ0) is 11.5. The van der Waals surface area contributed by atoms with Gasteiger partial charge < -0.3 is 10.1 Å². The van der Waals surface area contributed by atoms with Crippen LogP contribution in [0.15, 0.2) is 6.07 Å². The Hall–Kier alpha value is -1.76. The molecule has 1 heterocycles. The van der Waals surface area contributed by atoms with Crippen molar-refractivity contribution in [3.8, 4) is 18.2 Å². The van der Waals surface area contributed by atoms with Gasteiger partial charge in [0.25, 0.3) is 0 Å². The lowest BCUT2D eigenvalue weighted by atomic mass is 10.1. The minimum Gasteiger partial charge on any atom is -0.458 e. The summed E-state index contributed by atoms with van der Waals surface area (Å²) in [5, 5.41) is 2.86. The molecular formula is C11H15N3O. The molecule has 1 N–H and O–H groups in total. The molecule has 1 aromatic heterocycles. The number of hydrogen-bond acceptors (Lipinski definition) is 4. The van der Waals surface area contributed by atoms with E-state index in [-0.39, 0.29) is 0 Å². The predicted octanol–water partition coefficient (Wildman–Crippen LogP) is 1.62. The molecule has 0 saturated heterocycles. The molecule has 0 unspecified atom stereocenters. The molecule has 15 heavy (non-hydrogen) atoms. The molecule has 4 heteroatoms. The molecule has 0 fully saturated rings. The number of ether oxygens (including phenoxy) is 1. The van der Waals surface area contributed by atoms with Crippen molar-refractivity contribution in [2.75, 3.05) is 12.4 Å². The Kier molecular flexibility index (Phi) is 3.15. The van der Waals surface area contributed by atoms with Crippen LogP contribution in [0.5, 0.6) is 5.88 Å². The summed E-state index contributed by atoms with van der Waals surface area (Å²) in [5.41, 5.74) is 0.170. The highest BCUT2D eigenvalue weighted by molar-refractivity contribution is 5.30. The maximum atomic E-state index is 5.55. The first-order chi connectivity index (χ1) is 6.96. The zero-order valence-electron chi connectivity index (χ0n) is 9.46. The quantitative estimate of drug-likeness (QED) is 0.762. The molecule has 0 aromatic carbocycles. The molecular weight excluding hydrogens is 190 g/mol. The molecule has 0 bridgehead atoms. The van der Waals surface area contributed by atoms with Crippen molar-refractivity contribution in [1.82, 2.24) is 9.97 Å². The molecule has 0 saturated carbocycles. The van der Waals surface area contributed by atoms with Crippen LogP contribution in [0.4, 0.5) is 5.95 Å². The summed E-state index contributed by atoms with van der Waals surface area (Å²) in [7, 11) is 1.75. The topological polar surface area (TPSA) is 47.0 Å². The van der Waals surface area contributed by atoms with Crippen molar-refractivity contribution >= 4 is 5.95 Å². The van der Waals surface area contributed by atoms with E-state index in [1.807, 2.05) is 20.8 Å². The SMILES string of the molecule is C#CC(C)(C)Oc1cc(C)nc(NC)n1. The number of hydrogen-bond donors (Lipinski definition) is 1. The molecule has 0 aliphatic rings. The first-order valence-electron chi connectivity index (χ1n) is 4.67. The van der Waals surface area contributed by atoms with Gasteiger partial charge in [0.2, 0.25) is 11.8 Å². The number of nitrogens with zero attached hydrogens (tertiary/aromatic N) is 2. The molecule has 0 atom stereocenters. The van der Waals surface area contributed by atoms with Crippen LogP contribution in [-0.2, 0) is 0 Å². The van der Waals surface area contributed by atoms with Crippen molar-refractivity contribution in [3.63, 3.8) is 0 Å². The summed E-state index contributed by atoms with van der Waals surface area (Å²) in [5.74, 6) is 3.55. The lowest BCUT2D eigenvalue weighted by molar-refractivity contribution is 0.164. The fraction of sp³-hybridized carbons (Fsp3) is 0.455. The van der Waals surface area contributed by atoms with E-state index in [0.29, 0.717) is 11.8 Å². The van der Waals surface area contributed by atoms with Crippen LogP contribution in [0.1, 0.15) is 19.5 Å². The van der Waals surface area contributed by atoms with Crippen LogP contribution in [0.2, 0.25) is 0 Å². The first-order valence-corrected chi connectivity index (χ1v) is 4.67. The monoisotopic (exact) mass is 205 g/mol. The predicted molar refractivity (Wildman–Crippen MR) is 59.9 cm³/mol. The third-order valence-corrected chi connectivity index (χ3v) is 1.76. The maximum absolute atomic E-state index is 5.55. The molecule has 0 aliphatic heterocycles. The summed E-state index contributed by atoms with van der Waals surface area (Å²) in [4.78, 5) is 8.30. The number of anilines is 1. The minimum atomic E-state index is -0.661. The molecule has 0 spiro atoms. The van der Waals surface area contributed by atoms with Crippen LogP contribution in [0, 0.1) is 19.3 Å². The second-order valence-corrected chi connectivity index (χ2v) is 3.68. The Morgan fingerprint density at radius 2 is 2.13 bits per heavy atom. The van der Waals surface area contributed by atoms with E-state index in [2.05, 4.69) is 21.2 Å². The molecule has 0 amide bonds. The van der Waals surface area contributed by atoms with E-state index in [1.54, 1.807) is 13.1 Å². The molecule has 1 aromatic rings. The molecule has 4 nitrogen and oxygen atoms in total. The summed E-state index contributed by atoms with van der Waals surface area (Å²) < 4.78 is 5.55. The van der Waals surface area contributed by atoms with Gasteiger partial charge in [-0.3, -0.25) is 0 Å². The van der Waals surface area contributed by atoms with Crippen LogP contribution in [0.3, 0.4) is 0 Å². The summed E-state index contributed by atoms with van der Waals surface area (Å²) in [6.45, 7) is 5.49. The van der Waals surface area contributed by atoms with Gasteiger partial charge in [0.05, 0.1) is 0 Å². The van der Waals surface area contributed by atoms with Gasteiger partial charge in [0, 0.05) is 18.8 Å². The van der Waals surface area contributed by atoms with E-state index >= 15 is 0 Å². The Bertz CT molecular complexity index is 393. The van der Waals surface area contributed by atoms with Crippen LogP contribution in [0.25, 0.3) is 0 Å². The Labute approximate surface area is 90.1 Å². The van der Waals surface area contributed by atoms with Crippen LogP contribution < -0.4 is 10.1 Å². The Balaban J connectivity index is 2.96. The smallest absolute Gasteiger partial charge is 0.225 e. The molecule has 1 rings (SSSR count). The molecule has 80 valence electrons. The number of aryl methyl sites for hydroxylation is 1. The third kappa shape index (κ3) is 3.13. The standard InChI is InChI=1S/C11H15N3O/c1-6-11(3,4)15-9-7-8(2)13-10(12-5)14-9/h1,7H,2-5H3,(H,12,13,14). The Morgan fingerprint density at radius 3 is 2.67 bits per heavy atom. The number of terminal acetylenes is 1. The van der Waals surface area contributed by atoms with Gasteiger partial charge in [-0.05, 0) is 20.8 Å². The summed E-state index contributed by atoms with van der Waals surface area (Å²) >= 11 is 0. The number of rotatable bonds is 3. The maximum Gasteiger partial charge on any atom is 0.225 e. The van der Waals surface area contributed by atoms with Gasteiger partial charge in [0.1, 0.15) is 0 Å². The van der Waals surface area contributed by atoms with E-state index in [1.165, 1.54) is 0 Å². The second-order valence-electron chi connectivity index (χ2n) is 3.68. The van der Waals surface area contributed by atoms with Crippen LogP contribution >= 0.6 is 0 Å². The average molecular weight is 205 g/mol. The highest BCUT2D eigenvalue weighted by Gasteiger charge is 2.17. The average Bonchev–Trinajstić information content (AvgIpc) is 2.16. The van der Waals surface area contributed by atoms with Crippen molar-refractivity contribution in [3.05, 3.63) is 11.8 Å². The van der Waals surface area contributed by atoms with Gasteiger partial charge in [-0.1, -0.05) is 5.92 Å². The van der Waals surface area contributed by atoms with Crippen molar-refractivity contribution in [1.29, 1.82) is 0 Å². The first kappa shape index (κ1) is 11.3. The fourth-order valence-corrected chi connectivity index (χ4v) is 0.995. The van der Waals surface area contributed by atoms with Gasteiger partial charge >= 0.3 is 0 Å². The van der Waals surface area contributed by atoms with Crippen molar-refractivity contribution in [2.24, 2.45) is 0 Å². The van der Waals surface area contributed by atoms with E-state index in [9.17, 15) is 0 Å². The number of aromatic nitrogens is 2.